The molecule has 0 saturated carbocycles. The summed E-state index contributed by atoms with van der Waals surface area (Å²) in [4.78, 5) is 4.60. The van der Waals surface area contributed by atoms with Crippen LogP contribution in [0.3, 0.4) is 0 Å². The molecule has 1 aliphatic rings. The maximum absolute atomic E-state index is 13.2. The Balaban J connectivity index is 1.76. The van der Waals surface area contributed by atoms with Gasteiger partial charge in [0.1, 0.15) is 5.82 Å². The second-order valence-corrected chi connectivity index (χ2v) is 5.58. The van der Waals surface area contributed by atoms with E-state index in [1.54, 1.807) is 17.4 Å². The first-order valence-electron chi connectivity index (χ1n) is 6.25. The van der Waals surface area contributed by atoms with Crippen molar-refractivity contribution in [3.63, 3.8) is 0 Å². The van der Waals surface area contributed by atoms with E-state index < -0.39 is 0 Å². The predicted octanol–water partition coefficient (Wildman–Crippen LogP) is 3.24. The minimum atomic E-state index is -0.209. The topological polar surface area (TPSA) is 24.9 Å². The van der Waals surface area contributed by atoms with Crippen LogP contribution in [0.2, 0.25) is 0 Å². The van der Waals surface area contributed by atoms with Crippen LogP contribution in [0.4, 0.5) is 4.39 Å². The van der Waals surface area contributed by atoms with E-state index >= 15 is 0 Å². The van der Waals surface area contributed by atoms with Crippen molar-refractivity contribution in [3.05, 3.63) is 40.5 Å². The van der Waals surface area contributed by atoms with Crippen molar-refractivity contribution in [2.45, 2.75) is 25.3 Å². The van der Waals surface area contributed by atoms with E-state index in [0.717, 1.165) is 29.2 Å². The number of benzene rings is 1. The van der Waals surface area contributed by atoms with E-state index in [0.29, 0.717) is 6.04 Å². The van der Waals surface area contributed by atoms with Gasteiger partial charge in [-0.3, -0.25) is 0 Å². The first-order valence-corrected chi connectivity index (χ1v) is 7.13. The number of hydrogen-bond acceptors (Lipinski definition) is 3. The molecule has 1 aromatic heterocycles. The Morgan fingerprint density at radius 1 is 1.44 bits per heavy atom. The molecular weight excluding hydrogens is 247 g/mol. The summed E-state index contributed by atoms with van der Waals surface area (Å²) in [6.07, 6.45) is 3.47. The summed E-state index contributed by atoms with van der Waals surface area (Å²) in [7, 11) is 0. The maximum Gasteiger partial charge on any atom is 0.123 e. The molecule has 1 aromatic carbocycles. The summed E-state index contributed by atoms with van der Waals surface area (Å²) in [5.41, 5.74) is 1.74. The van der Waals surface area contributed by atoms with Gasteiger partial charge in [0.2, 0.25) is 0 Å². The molecule has 1 aliphatic heterocycles. The first-order chi connectivity index (χ1) is 8.81. The molecule has 1 fully saturated rings. The average molecular weight is 262 g/mol. The van der Waals surface area contributed by atoms with E-state index in [2.05, 4.69) is 10.3 Å². The Bertz CT molecular complexity index is 532. The fourth-order valence-corrected chi connectivity index (χ4v) is 3.21. The van der Waals surface area contributed by atoms with Gasteiger partial charge >= 0.3 is 0 Å². The molecule has 1 N–H and O–H groups in total. The van der Waals surface area contributed by atoms with Gasteiger partial charge in [0.05, 0.1) is 10.7 Å². The zero-order valence-electron chi connectivity index (χ0n) is 10.0. The van der Waals surface area contributed by atoms with Gasteiger partial charge in [-0.25, -0.2) is 9.37 Å². The number of halogens is 1. The third-order valence-electron chi connectivity index (χ3n) is 3.26. The van der Waals surface area contributed by atoms with E-state index in [1.807, 2.05) is 11.4 Å². The zero-order chi connectivity index (χ0) is 12.4. The van der Waals surface area contributed by atoms with Gasteiger partial charge in [0.25, 0.3) is 0 Å². The molecule has 0 amide bonds. The molecule has 0 radical (unpaired) electrons. The molecule has 2 nitrogen and oxygen atoms in total. The van der Waals surface area contributed by atoms with Crippen LogP contribution in [0.15, 0.2) is 29.6 Å². The van der Waals surface area contributed by atoms with Crippen molar-refractivity contribution in [1.82, 2.24) is 10.3 Å². The summed E-state index contributed by atoms with van der Waals surface area (Å²) in [5.74, 6) is -0.209. The van der Waals surface area contributed by atoms with Crippen LogP contribution in [0.5, 0.6) is 0 Å². The Hall–Kier alpha value is -1.26. The lowest BCUT2D eigenvalue weighted by Crippen LogP contribution is -2.23. The predicted molar refractivity (Wildman–Crippen MR) is 72.2 cm³/mol. The quantitative estimate of drug-likeness (QED) is 0.918. The Labute approximate surface area is 110 Å². The highest BCUT2D eigenvalue weighted by Gasteiger charge is 2.16. The zero-order valence-corrected chi connectivity index (χ0v) is 10.8. The Morgan fingerprint density at radius 2 is 2.39 bits per heavy atom. The largest absolute Gasteiger partial charge is 0.314 e. The van der Waals surface area contributed by atoms with Crippen LogP contribution in [-0.2, 0) is 6.42 Å². The Morgan fingerprint density at radius 3 is 3.17 bits per heavy atom. The SMILES string of the molecule is Fc1cccc(-c2csc(CC3CCCN3)n2)c1. The maximum atomic E-state index is 13.2. The van der Waals surface area contributed by atoms with E-state index in [-0.39, 0.29) is 5.82 Å². The van der Waals surface area contributed by atoms with Gasteiger partial charge in [0.15, 0.2) is 0 Å². The van der Waals surface area contributed by atoms with Crippen molar-refractivity contribution in [2.24, 2.45) is 0 Å². The number of rotatable bonds is 3. The number of thiazole rings is 1. The molecular formula is C14H15FN2S. The summed E-state index contributed by atoms with van der Waals surface area (Å²) in [6.45, 7) is 1.12. The number of nitrogens with zero attached hydrogens (tertiary/aromatic N) is 1. The molecule has 18 heavy (non-hydrogen) atoms. The van der Waals surface area contributed by atoms with Crippen LogP contribution in [0.25, 0.3) is 11.3 Å². The third-order valence-corrected chi connectivity index (χ3v) is 4.13. The molecule has 2 heterocycles. The van der Waals surface area contributed by atoms with Crippen LogP contribution in [-0.4, -0.2) is 17.6 Å². The third kappa shape index (κ3) is 2.60. The van der Waals surface area contributed by atoms with Crippen molar-refractivity contribution >= 4 is 11.3 Å². The van der Waals surface area contributed by atoms with E-state index in [4.69, 9.17) is 0 Å². The lowest BCUT2D eigenvalue weighted by molar-refractivity contribution is 0.601. The molecule has 4 heteroatoms. The molecule has 1 saturated heterocycles. The molecule has 0 spiro atoms. The number of hydrogen-bond donors (Lipinski definition) is 1. The molecule has 3 rings (SSSR count). The highest BCUT2D eigenvalue weighted by Crippen LogP contribution is 2.24. The van der Waals surface area contributed by atoms with Crippen LogP contribution < -0.4 is 5.32 Å². The fraction of sp³-hybridized carbons (Fsp3) is 0.357. The van der Waals surface area contributed by atoms with Gasteiger partial charge in [0, 0.05) is 23.4 Å². The van der Waals surface area contributed by atoms with Crippen molar-refractivity contribution in [3.8, 4) is 11.3 Å². The highest BCUT2D eigenvalue weighted by atomic mass is 32.1. The van der Waals surface area contributed by atoms with Gasteiger partial charge in [-0.05, 0) is 31.5 Å². The molecule has 94 valence electrons. The lowest BCUT2D eigenvalue weighted by Gasteiger charge is -2.06. The average Bonchev–Trinajstić information content (AvgIpc) is 3.01. The lowest BCUT2D eigenvalue weighted by atomic mass is 10.1. The van der Waals surface area contributed by atoms with Gasteiger partial charge in [-0.2, -0.15) is 0 Å². The fourth-order valence-electron chi connectivity index (χ4n) is 2.33. The van der Waals surface area contributed by atoms with Gasteiger partial charge < -0.3 is 5.32 Å². The minimum absolute atomic E-state index is 0.209. The minimum Gasteiger partial charge on any atom is -0.314 e. The summed E-state index contributed by atoms with van der Waals surface area (Å²) in [5, 5.41) is 6.62. The number of aromatic nitrogens is 1. The van der Waals surface area contributed by atoms with E-state index in [1.165, 1.54) is 25.0 Å². The smallest absolute Gasteiger partial charge is 0.123 e. The molecule has 2 aromatic rings. The molecule has 1 atom stereocenters. The second kappa shape index (κ2) is 5.16. The monoisotopic (exact) mass is 262 g/mol. The molecule has 0 bridgehead atoms. The van der Waals surface area contributed by atoms with Crippen molar-refractivity contribution in [1.29, 1.82) is 0 Å². The van der Waals surface area contributed by atoms with Crippen LogP contribution in [0, 0.1) is 5.82 Å². The summed E-state index contributed by atoms with van der Waals surface area (Å²) < 4.78 is 13.2. The van der Waals surface area contributed by atoms with Crippen LogP contribution in [0.1, 0.15) is 17.8 Å². The standard InChI is InChI=1S/C14H15FN2S/c15-11-4-1-3-10(7-11)13-9-18-14(17-13)8-12-5-2-6-16-12/h1,3-4,7,9,12,16H,2,5-6,8H2. The van der Waals surface area contributed by atoms with Crippen molar-refractivity contribution < 1.29 is 4.39 Å². The number of nitrogens with one attached hydrogen (secondary N) is 1. The van der Waals surface area contributed by atoms with Gasteiger partial charge in [-0.15, -0.1) is 11.3 Å². The Kier molecular flexibility index (Phi) is 3.39. The second-order valence-electron chi connectivity index (χ2n) is 4.63. The molecule has 1 unspecified atom stereocenters. The summed E-state index contributed by atoms with van der Waals surface area (Å²) >= 11 is 1.66. The van der Waals surface area contributed by atoms with E-state index in [9.17, 15) is 4.39 Å². The molecule has 0 aliphatic carbocycles. The highest BCUT2D eigenvalue weighted by molar-refractivity contribution is 7.09. The van der Waals surface area contributed by atoms with Crippen LogP contribution >= 0.6 is 11.3 Å². The van der Waals surface area contributed by atoms with Gasteiger partial charge in [-0.1, -0.05) is 12.1 Å². The normalized spacial score (nSPS) is 19.3. The summed E-state index contributed by atoms with van der Waals surface area (Å²) in [6, 6.07) is 7.18. The van der Waals surface area contributed by atoms with Crippen molar-refractivity contribution in [2.75, 3.05) is 6.54 Å². The first kappa shape index (κ1) is 11.8.